The third-order valence-corrected chi connectivity index (χ3v) is 5.36. The van der Waals surface area contributed by atoms with Gasteiger partial charge in [0, 0.05) is 18.0 Å². The van der Waals surface area contributed by atoms with Crippen LogP contribution >= 0.6 is 0 Å². The van der Waals surface area contributed by atoms with Crippen LogP contribution in [0.2, 0.25) is 0 Å². The fraction of sp³-hybridized carbons (Fsp3) is 0.407. The standard InChI is InChI=1S/C22H24N4O3.C5H13N/c1-13-6-7-15(8-19(13)26-12-16(10-24-26)21(28)29)20(27)25-18-9-17(22(3,4)5)11-23-14(18)2;1-5(2,3)4-6/h6-12H,1-5H3,(H,25,27)(H,28,29);4,6H2,1-3H3. The van der Waals surface area contributed by atoms with Crippen LogP contribution in [0.5, 0.6) is 0 Å². The number of benzene rings is 1. The van der Waals surface area contributed by atoms with Gasteiger partial charge in [-0.05, 0) is 60.5 Å². The SMILES string of the molecule is CC(C)(C)CN.Cc1ccc(C(=O)Nc2cc(C(C)(C)C)cnc2C)cc1-n1cc(C(=O)O)cn1. The van der Waals surface area contributed by atoms with E-state index in [1.807, 2.05) is 32.2 Å². The topological polar surface area (TPSA) is 123 Å². The van der Waals surface area contributed by atoms with E-state index in [-0.39, 0.29) is 16.9 Å². The molecular formula is C27H37N5O3. The van der Waals surface area contributed by atoms with E-state index in [9.17, 15) is 9.59 Å². The van der Waals surface area contributed by atoms with Crippen LogP contribution in [-0.2, 0) is 5.41 Å². The number of pyridine rings is 1. The van der Waals surface area contributed by atoms with Gasteiger partial charge in [-0.2, -0.15) is 5.10 Å². The van der Waals surface area contributed by atoms with Crippen molar-refractivity contribution in [3.8, 4) is 5.69 Å². The van der Waals surface area contributed by atoms with Crippen LogP contribution in [0.1, 0.15) is 79.1 Å². The molecule has 8 heteroatoms. The number of hydrogen-bond acceptors (Lipinski definition) is 5. The van der Waals surface area contributed by atoms with Gasteiger partial charge in [0.25, 0.3) is 5.91 Å². The number of nitrogens with zero attached hydrogens (tertiary/aromatic N) is 3. The van der Waals surface area contributed by atoms with E-state index in [4.69, 9.17) is 10.8 Å². The lowest BCUT2D eigenvalue weighted by molar-refractivity contribution is 0.0696. The molecule has 3 aromatic rings. The zero-order valence-electron chi connectivity index (χ0n) is 21.9. The van der Waals surface area contributed by atoms with E-state index >= 15 is 0 Å². The van der Waals surface area contributed by atoms with Crippen LogP contribution in [-0.4, -0.2) is 38.3 Å². The Hall–Kier alpha value is -3.52. The van der Waals surface area contributed by atoms with Crippen molar-refractivity contribution in [3.05, 3.63) is 70.8 Å². The number of aromatic nitrogens is 3. The number of carbonyl (C=O) groups is 2. The Morgan fingerprint density at radius 2 is 1.66 bits per heavy atom. The molecule has 0 saturated carbocycles. The number of amides is 1. The van der Waals surface area contributed by atoms with Crippen molar-refractivity contribution in [2.24, 2.45) is 11.1 Å². The molecule has 2 aromatic heterocycles. The Morgan fingerprint density at radius 3 is 2.17 bits per heavy atom. The molecule has 2 heterocycles. The Morgan fingerprint density at radius 1 is 1.03 bits per heavy atom. The second-order valence-electron chi connectivity index (χ2n) is 10.8. The molecule has 0 spiro atoms. The van der Waals surface area contributed by atoms with Crippen molar-refractivity contribution in [1.29, 1.82) is 0 Å². The molecular weight excluding hydrogens is 442 g/mol. The summed E-state index contributed by atoms with van der Waals surface area (Å²) in [6.07, 6.45) is 4.53. The zero-order valence-corrected chi connectivity index (χ0v) is 21.9. The van der Waals surface area contributed by atoms with E-state index in [1.165, 1.54) is 17.1 Å². The van der Waals surface area contributed by atoms with Crippen LogP contribution in [0.4, 0.5) is 5.69 Å². The number of hydrogen-bond donors (Lipinski definition) is 3. The summed E-state index contributed by atoms with van der Waals surface area (Å²) in [4.78, 5) is 28.4. The van der Waals surface area contributed by atoms with Crippen molar-refractivity contribution >= 4 is 17.6 Å². The monoisotopic (exact) mass is 479 g/mol. The first-order valence-electron chi connectivity index (χ1n) is 11.5. The van der Waals surface area contributed by atoms with Gasteiger partial charge in [0.2, 0.25) is 0 Å². The Kier molecular flexibility index (Phi) is 8.57. The maximum Gasteiger partial charge on any atom is 0.338 e. The highest BCUT2D eigenvalue weighted by Crippen LogP contribution is 2.26. The van der Waals surface area contributed by atoms with Crippen LogP contribution < -0.4 is 11.1 Å². The third-order valence-electron chi connectivity index (χ3n) is 5.36. The number of aromatic carboxylic acids is 1. The summed E-state index contributed by atoms with van der Waals surface area (Å²) in [6.45, 7) is 17.1. The number of anilines is 1. The van der Waals surface area contributed by atoms with Gasteiger partial charge in [0.1, 0.15) is 0 Å². The van der Waals surface area contributed by atoms with Crippen molar-refractivity contribution < 1.29 is 14.7 Å². The van der Waals surface area contributed by atoms with Gasteiger partial charge in [-0.3, -0.25) is 9.78 Å². The molecule has 35 heavy (non-hydrogen) atoms. The van der Waals surface area contributed by atoms with Gasteiger partial charge in [0.05, 0.1) is 28.8 Å². The molecule has 0 fully saturated rings. The highest BCUT2D eigenvalue weighted by molar-refractivity contribution is 6.05. The molecule has 4 N–H and O–H groups in total. The zero-order chi connectivity index (χ0) is 26.6. The molecule has 8 nitrogen and oxygen atoms in total. The highest BCUT2D eigenvalue weighted by Gasteiger charge is 2.18. The minimum Gasteiger partial charge on any atom is -0.478 e. The van der Waals surface area contributed by atoms with Crippen molar-refractivity contribution in [2.75, 3.05) is 11.9 Å². The Bertz CT molecular complexity index is 1200. The summed E-state index contributed by atoms with van der Waals surface area (Å²) in [5.74, 6) is -1.32. The van der Waals surface area contributed by atoms with Crippen LogP contribution in [0.15, 0.2) is 42.9 Å². The molecule has 0 aliphatic heterocycles. The molecule has 0 atom stereocenters. The van der Waals surface area contributed by atoms with E-state index < -0.39 is 5.97 Å². The van der Waals surface area contributed by atoms with Gasteiger partial charge in [0.15, 0.2) is 0 Å². The van der Waals surface area contributed by atoms with Crippen LogP contribution in [0.25, 0.3) is 5.69 Å². The molecule has 0 aliphatic rings. The third kappa shape index (κ3) is 7.75. The number of carbonyl (C=O) groups excluding carboxylic acids is 1. The minimum atomic E-state index is -1.05. The van der Waals surface area contributed by atoms with Gasteiger partial charge >= 0.3 is 5.97 Å². The Balaban J connectivity index is 0.000000641. The smallest absolute Gasteiger partial charge is 0.338 e. The second-order valence-corrected chi connectivity index (χ2v) is 10.8. The molecule has 188 valence electrons. The van der Waals surface area contributed by atoms with E-state index in [0.717, 1.165) is 23.4 Å². The summed E-state index contributed by atoms with van der Waals surface area (Å²) in [5, 5.41) is 16.1. The molecule has 3 rings (SSSR count). The molecule has 0 bridgehead atoms. The lowest BCUT2D eigenvalue weighted by Crippen LogP contribution is -2.18. The van der Waals surface area contributed by atoms with Gasteiger partial charge in [-0.25, -0.2) is 9.48 Å². The summed E-state index contributed by atoms with van der Waals surface area (Å²) in [5.41, 5.74) is 10.0. The first kappa shape index (κ1) is 27.7. The predicted molar refractivity (Wildman–Crippen MR) is 139 cm³/mol. The average molecular weight is 480 g/mol. The number of carboxylic acids is 1. The lowest BCUT2D eigenvalue weighted by Gasteiger charge is -2.20. The van der Waals surface area contributed by atoms with Crippen molar-refractivity contribution in [1.82, 2.24) is 14.8 Å². The summed E-state index contributed by atoms with van der Waals surface area (Å²) in [6, 6.07) is 7.18. The first-order chi connectivity index (χ1) is 16.1. The fourth-order valence-corrected chi connectivity index (χ4v) is 2.83. The summed E-state index contributed by atoms with van der Waals surface area (Å²) in [7, 11) is 0. The molecule has 0 unspecified atom stereocenters. The molecule has 1 amide bonds. The van der Waals surface area contributed by atoms with Crippen LogP contribution in [0, 0.1) is 19.3 Å². The highest BCUT2D eigenvalue weighted by atomic mass is 16.4. The fourth-order valence-electron chi connectivity index (χ4n) is 2.83. The normalized spacial score (nSPS) is 11.5. The summed E-state index contributed by atoms with van der Waals surface area (Å²) >= 11 is 0. The molecule has 0 saturated heterocycles. The Labute approximate surface area is 207 Å². The van der Waals surface area contributed by atoms with E-state index in [0.29, 0.717) is 22.4 Å². The predicted octanol–water partition coefficient (Wildman–Crippen LogP) is 5.12. The minimum absolute atomic E-state index is 0.0833. The number of aryl methyl sites for hydroxylation is 2. The number of nitrogens with one attached hydrogen (secondary N) is 1. The van der Waals surface area contributed by atoms with Crippen molar-refractivity contribution in [3.63, 3.8) is 0 Å². The van der Waals surface area contributed by atoms with Gasteiger partial charge in [-0.1, -0.05) is 47.6 Å². The molecule has 1 aromatic carbocycles. The first-order valence-corrected chi connectivity index (χ1v) is 11.5. The molecule has 0 radical (unpaired) electrons. The number of carboxylic acid groups (broad SMARTS) is 1. The summed E-state index contributed by atoms with van der Waals surface area (Å²) < 4.78 is 1.46. The second kappa shape index (κ2) is 10.8. The maximum absolute atomic E-state index is 12.9. The van der Waals surface area contributed by atoms with Gasteiger partial charge in [-0.15, -0.1) is 0 Å². The quantitative estimate of drug-likeness (QED) is 0.477. The van der Waals surface area contributed by atoms with Gasteiger partial charge < -0.3 is 16.2 Å². The maximum atomic E-state index is 12.9. The number of rotatable bonds is 4. The number of nitrogens with two attached hydrogens (primary N) is 1. The molecule has 0 aliphatic carbocycles. The largest absolute Gasteiger partial charge is 0.478 e. The van der Waals surface area contributed by atoms with Crippen LogP contribution in [0.3, 0.4) is 0 Å². The van der Waals surface area contributed by atoms with E-state index in [2.05, 4.69) is 56.9 Å². The average Bonchev–Trinajstić information content (AvgIpc) is 3.25. The van der Waals surface area contributed by atoms with Crippen molar-refractivity contribution in [2.45, 2.75) is 60.8 Å². The van der Waals surface area contributed by atoms with E-state index in [1.54, 1.807) is 12.1 Å². The lowest BCUT2D eigenvalue weighted by atomic mass is 9.88.